The van der Waals surface area contributed by atoms with Gasteiger partial charge >= 0.3 is 12.0 Å². The molecule has 6 heteroatoms. The fourth-order valence-electron chi connectivity index (χ4n) is 2.36. The average Bonchev–Trinajstić information content (AvgIpc) is 2.95. The lowest BCUT2D eigenvalue weighted by atomic mass is 10.2. The van der Waals surface area contributed by atoms with Gasteiger partial charge in [0.05, 0.1) is 6.04 Å². The number of amides is 2. The zero-order chi connectivity index (χ0) is 14.0. The third-order valence-corrected chi connectivity index (χ3v) is 3.65. The average molecular weight is 265 g/mol. The number of ether oxygens (including phenoxy) is 1. The molecule has 1 saturated heterocycles. The number of esters is 1. The SMILES string of the molecule is Cc1ccc(C(=O)OC[C@@H]2CCCN2C(N)=O)n1C. The first-order chi connectivity index (χ1) is 9.00. The molecule has 1 fully saturated rings. The summed E-state index contributed by atoms with van der Waals surface area (Å²) in [7, 11) is 1.82. The molecule has 2 amide bonds. The summed E-state index contributed by atoms with van der Waals surface area (Å²) in [5.41, 5.74) is 6.78. The molecule has 104 valence electrons. The number of primary amides is 1. The van der Waals surface area contributed by atoms with Gasteiger partial charge in [0.25, 0.3) is 0 Å². The van der Waals surface area contributed by atoms with Crippen LogP contribution < -0.4 is 5.73 Å². The molecule has 1 aliphatic rings. The number of urea groups is 1. The Morgan fingerprint density at radius 3 is 2.79 bits per heavy atom. The lowest BCUT2D eigenvalue weighted by Crippen LogP contribution is -2.42. The Kier molecular flexibility index (Phi) is 3.78. The number of likely N-dealkylation sites (tertiary alicyclic amines) is 1. The maximum Gasteiger partial charge on any atom is 0.355 e. The van der Waals surface area contributed by atoms with Crippen LogP contribution in [-0.4, -0.2) is 40.7 Å². The standard InChI is InChI=1S/C13H19N3O3/c1-9-5-6-11(15(9)2)12(17)19-8-10-4-3-7-16(10)13(14)18/h5-6,10H,3-4,7-8H2,1-2H3,(H2,14,18)/t10-/m0/s1. The maximum atomic E-state index is 11.9. The summed E-state index contributed by atoms with van der Waals surface area (Å²) in [4.78, 5) is 24.7. The number of carbonyl (C=O) groups excluding carboxylic acids is 2. The third-order valence-electron chi connectivity index (χ3n) is 3.65. The van der Waals surface area contributed by atoms with Crippen LogP contribution >= 0.6 is 0 Å². The molecule has 6 nitrogen and oxygen atoms in total. The highest BCUT2D eigenvalue weighted by Gasteiger charge is 2.28. The van der Waals surface area contributed by atoms with Gasteiger partial charge in [-0.2, -0.15) is 0 Å². The summed E-state index contributed by atoms with van der Waals surface area (Å²) in [6.45, 7) is 2.76. The van der Waals surface area contributed by atoms with E-state index >= 15 is 0 Å². The van der Waals surface area contributed by atoms with Crippen molar-refractivity contribution < 1.29 is 14.3 Å². The van der Waals surface area contributed by atoms with E-state index in [2.05, 4.69) is 0 Å². The van der Waals surface area contributed by atoms with E-state index in [1.807, 2.05) is 20.0 Å². The van der Waals surface area contributed by atoms with Gasteiger partial charge in [-0.25, -0.2) is 9.59 Å². The first kappa shape index (κ1) is 13.5. The summed E-state index contributed by atoms with van der Waals surface area (Å²) in [5, 5.41) is 0. The Morgan fingerprint density at radius 1 is 1.47 bits per heavy atom. The van der Waals surface area contributed by atoms with Crippen LogP contribution in [0.5, 0.6) is 0 Å². The Bertz CT molecular complexity index is 495. The van der Waals surface area contributed by atoms with E-state index in [0.29, 0.717) is 12.2 Å². The van der Waals surface area contributed by atoms with Crippen molar-refractivity contribution >= 4 is 12.0 Å². The summed E-state index contributed by atoms with van der Waals surface area (Å²) in [6.07, 6.45) is 1.72. The first-order valence-electron chi connectivity index (χ1n) is 6.36. The minimum atomic E-state index is -0.451. The van der Waals surface area contributed by atoms with Gasteiger partial charge in [0.1, 0.15) is 12.3 Å². The van der Waals surface area contributed by atoms with Crippen molar-refractivity contribution in [2.24, 2.45) is 12.8 Å². The van der Waals surface area contributed by atoms with E-state index in [-0.39, 0.29) is 18.6 Å². The van der Waals surface area contributed by atoms with Gasteiger partial charge in [0, 0.05) is 19.3 Å². The molecule has 0 saturated carbocycles. The highest BCUT2D eigenvalue weighted by molar-refractivity contribution is 5.88. The largest absolute Gasteiger partial charge is 0.459 e. The summed E-state index contributed by atoms with van der Waals surface area (Å²) < 4.78 is 7.06. The number of hydrogen-bond acceptors (Lipinski definition) is 3. The normalized spacial score (nSPS) is 18.6. The van der Waals surface area contributed by atoms with Crippen LogP contribution in [-0.2, 0) is 11.8 Å². The number of aryl methyl sites for hydroxylation is 1. The number of nitrogens with zero attached hydrogens (tertiary/aromatic N) is 2. The second-order valence-corrected chi connectivity index (χ2v) is 4.85. The third kappa shape index (κ3) is 2.72. The zero-order valence-corrected chi connectivity index (χ0v) is 11.3. The quantitative estimate of drug-likeness (QED) is 0.829. The Morgan fingerprint density at radius 2 is 2.21 bits per heavy atom. The zero-order valence-electron chi connectivity index (χ0n) is 11.3. The second kappa shape index (κ2) is 5.34. The van der Waals surface area contributed by atoms with E-state index in [9.17, 15) is 9.59 Å². The lowest BCUT2D eigenvalue weighted by Gasteiger charge is -2.22. The molecule has 2 N–H and O–H groups in total. The van der Waals surface area contributed by atoms with Crippen molar-refractivity contribution in [2.45, 2.75) is 25.8 Å². The van der Waals surface area contributed by atoms with Crippen molar-refractivity contribution in [3.05, 3.63) is 23.5 Å². The Hall–Kier alpha value is -1.98. The molecule has 0 aromatic carbocycles. The molecular weight excluding hydrogens is 246 g/mol. The van der Waals surface area contributed by atoms with Crippen LogP contribution in [0.15, 0.2) is 12.1 Å². The van der Waals surface area contributed by atoms with Crippen LogP contribution in [0.1, 0.15) is 29.0 Å². The van der Waals surface area contributed by atoms with Gasteiger partial charge in [0.2, 0.25) is 0 Å². The molecule has 1 aliphatic heterocycles. The predicted octanol–water partition coefficient (Wildman–Crippen LogP) is 1.03. The first-order valence-corrected chi connectivity index (χ1v) is 6.36. The summed E-state index contributed by atoms with van der Waals surface area (Å²) in [6, 6.07) is 3.05. The van der Waals surface area contributed by atoms with Crippen molar-refractivity contribution in [3.8, 4) is 0 Å². The molecule has 0 aliphatic carbocycles. The second-order valence-electron chi connectivity index (χ2n) is 4.85. The highest BCUT2D eigenvalue weighted by Crippen LogP contribution is 2.17. The van der Waals surface area contributed by atoms with Gasteiger partial charge in [-0.3, -0.25) is 0 Å². The van der Waals surface area contributed by atoms with Crippen LogP contribution in [0.3, 0.4) is 0 Å². The number of rotatable bonds is 3. The van der Waals surface area contributed by atoms with E-state index in [4.69, 9.17) is 10.5 Å². The summed E-state index contributed by atoms with van der Waals surface area (Å²) in [5.74, 6) is -0.369. The van der Waals surface area contributed by atoms with Gasteiger partial charge in [-0.15, -0.1) is 0 Å². The van der Waals surface area contributed by atoms with Crippen LogP contribution in [0.4, 0.5) is 4.79 Å². The van der Waals surface area contributed by atoms with E-state index < -0.39 is 6.03 Å². The predicted molar refractivity (Wildman–Crippen MR) is 69.7 cm³/mol. The van der Waals surface area contributed by atoms with E-state index in [1.165, 1.54) is 0 Å². The lowest BCUT2D eigenvalue weighted by molar-refractivity contribution is 0.0411. The Labute approximate surface area is 112 Å². The van der Waals surface area contributed by atoms with Crippen molar-refractivity contribution in [1.29, 1.82) is 0 Å². The summed E-state index contributed by atoms with van der Waals surface area (Å²) >= 11 is 0. The maximum absolute atomic E-state index is 11.9. The molecule has 0 unspecified atom stereocenters. The van der Waals surface area contributed by atoms with Crippen LogP contribution in [0, 0.1) is 6.92 Å². The molecule has 19 heavy (non-hydrogen) atoms. The van der Waals surface area contributed by atoms with Crippen molar-refractivity contribution in [2.75, 3.05) is 13.2 Å². The van der Waals surface area contributed by atoms with Crippen molar-refractivity contribution in [3.63, 3.8) is 0 Å². The van der Waals surface area contributed by atoms with Crippen LogP contribution in [0.2, 0.25) is 0 Å². The minimum absolute atomic E-state index is 0.0946. The molecular formula is C13H19N3O3. The Balaban J connectivity index is 1.94. The number of aromatic nitrogens is 1. The molecule has 1 atom stereocenters. The molecule has 2 rings (SSSR count). The highest BCUT2D eigenvalue weighted by atomic mass is 16.5. The van der Waals surface area contributed by atoms with E-state index in [0.717, 1.165) is 18.5 Å². The number of hydrogen-bond donors (Lipinski definition) is 1. The molecule has 1 aromatic rings. The molecule has 2 heterocycles. The minimum Gasteiger partial charge on any atom is -0.459 e. The number of nitrogens with two attached hydrogens (primary N) is 1. The number of carbonyl (C=O) groups is 2. The van der Waals surface area contributed by atoms with Crippen molar-refractivity contribution in [1.82, 2.24) is 9.47 Å². The monoisotopic (exact) mass is 265 g/mol. The van der Waals surface area contributed by atoms with Gasteiger partial charge in [0.15, 0.2) is 0 Å². The van der Waals surface area contributed by atoms with Gasteiger partial charge < -0.3 is 19.9 Å². The fraction of sp³-hybridized carbons (Fsp3) is 0.538. The topological polar surface area (TPSA) is 77.6 Å². The molecule has 1 aromatic heterocycles. The van der Waals surface area contributed by atoms with E-state index in [1.54, 1.807) is 15.5 Å². The smallest absolute Gasteiger partial charge is 0.355 e. The molecule has 0 radical (unpaired) electrons. The molecule has 0 spiro atoms. The fourth-order valence-corrected chi connectivity index (χ4v) is 2.36. The van der Waals surface area contributed by atoms with Gasteiger partial charge in [-0.05, 0) is 31.9 Å². The van der Waals surface area contributed by atoms with Crippen LogP contribution in [0.25, 0.3) is 0 Å². The van der Waals surface area contributed by atoms with Gasteiger partial charge in [-0.1, -0.05) is 0 Å². The molecule has 0 bridgehead atoms.